The number of fused-ring (bicyclic) bond motifs is 1. The number of nitrogens with one attached hydrogen (secondary N) is 2. The van der Waals surface area contributed by atoms with Crippen LogP contribution in [0.1, 0.15) is 18.0 Å². The maximum Gasteiger partial charge on any atom is 0.326 e. The standard InChI is InChI=1S/C24H22ClN5O4/c1-29-21(32)9-10-30(24(29)34)14-20(31)28-22(15-6-4-7-17(25)11-15)23(33)27-19-13-26-12-16-5-2-3-8-18(16)19/h2-8,11-13,22H,9-10,14H2,1H3,(H,27,33)(H,28,31). The summed E-state index contributed by atoms with van der Waals surface area (Å²) in [4.78, 5) is 56.6. The highest BCUT2D eigenvalue weighted by Gasteiger charge is 2.31. The fraction of sp³-hybridized carbons (Fsp3) is 0.208. The van der Waals surface area contributed by atoms with Crippen molar-refractivity contribution in [3.63, 3.8) is 0 Å². The minimum Gasteiger partial charge on any atom is -0.339 e. The van der Waals surface area contributed by atoms with E-state index >= 15 is 0 Å². The van der Waals surface area contributed by atoms with E-state index in [-0.39, 0.29) is 25.4 Å². The third-order valence-electron chi connectivity index (χ3n) is 5.54. The van der Waals surface area contributed by atoms with Crippen LogP contribution in [-0.4, -0.2) is 58.7 Å². The van der Waals surface area contributed by atoms with Crippen molar-refractivity contribution >= 4 is 51.8 Å². The van der Waals surface area contributed by atoms with Crippen molar-refractivity contribution in [2.75, 3.05) is 25.5 Å². The molecule has 0 radical (unpaired) electrons. The van der Waals surface area contributed by atoms with Gasteiger partial charge in [-0.05, 0) is 17.7 Å². The Labute approximate surface area is 200 Å². The summed E-state index contributed by atoms with van der Waals surface area (Å²) in [7, 11) is 1.37. The molecule has 5 amide bonds. The van der Waals surface area contributed by atoms with Crippen LogP contribution in [0.2, 0.25) is 5.02 Å². The maximum atomic E-state index is 13.3. The summed E-state index contributed by atoms with van der Waals surface area (Å²) >= 11 is 6.13. The number of amides is 5. The number of halogens is 1. The SMILES string of the molecule is CN1C(=O)CCN(CC(=O)NC(C(=O)Nc2cncc3ccccc23)c2cccc(Cl)c2)C1=O. The Morgan fingerprint density at radius 3 is 2.71 bits per heavy atom. The first-order valence-corrected chi connectivity index (χ1v) is 10.9. The number of hydrogen-bond acceptors (Lipinski definition) is 5. The zero-order valence-corrected chi connectivity index (χ0v) is 19.1. The van der Waals surface area contributed by atoms with E-state index in [4.69, 9.17) is 11.6 Å². The van der Waals surface area contributed by atoms with Gasteiger partial charge in [0.1, 0.15) is 12.6 Å². The number of urea groups is 1. The molecule has 1 aromatic heterocycles. The fourth-order valence-electron chi connectivity index (χ4n) is 3.75. The Bertz CT molecular complexity index is 1280. The van der Waals surface area contributed by atoms with E-state index in [1.54, 1.807) is 30.5 Å². The number of aromatic nitrogens is 1. The second-order valence-electron chi connectivity index (χ2n) is 7.86. The molecule has 1 fully saturated rings. The zero-order chi connectivity index (χ0) is 24.2. The minimum absolute atomic E-state index is 0.127. The molecule has 2 N–H and O–H groups in total. The van der Waals surface area contributed by atoms with Crippen molar-refractivity contribution in [3.8, 4) is 0 Å². The van der Waals surface area contributed by atoms with Crippen molar-refractivity contribution in [1.82, 2.24) is 20.1 Å². The average molecular weight is 480 g/mol. The smallest absolute Gasteiger partial charge is 0.326 e. The molecule has 1 aliphatic heterocycles. The average Bonchev–Trinajstić information content (AvgIpc) is 2.83. The van der Waals surface area contributed by atoms with Gasteiger partial charge in [-0.25, -0.2) is 4.79 Å². The first-order valence-electron chi connectivity index (χ1n) is 10.6. The number of anilines is 1. The van der Waals surface area contributed by atoms with Crippen molar-refractivity contribution in [2.24, 2.45) is 0 Å². The van der Waals surface area contributed by atoms with Gasteiger partial charge in [-0.15, -0.1) is 0 Å². The second kappa shape index (κ2) is 9.88. The van der Waals surface area contributed by atoms with E-state index in [1.807, 2.05) is 24.3 Å². The summed E-state index contributed by atoms with van der Waals surface area (Å²) in [6, 6.07) is 12.4. The quantitative estimate of drug-likeness (QED) is 0.564. The molecule has 34 heavy (non-hydrogen) atoms. The normalized spacial score (nSPS) is 14.8. The third-order valence-corrected chi connectivity index (χ3v) is 5.77. The van der Waals surface area contributed by atoms with Crippen LogP contribution in [-0.2, 0) is 14.4 Å². The molecular weight excluding hydrogens is 458 g/mol. The van der Waals surface area contributed by atoms with Crippen LogP contribution in [0.5, 0.6) is 0 Å². The molecule has 1 unspecified atom stereocenters. The predicted octanol–water partition coefficient (Wildman–Crippen LogP) is 2.97. The molecule has 2 aromatic carbocycles. The number of carbonyl (C=O) groups is 4. The highest BCUT2D eigenvalue weighted by molar-refractivity contribution is 6.30. The Hall–Kier alpha value is -3.98. The van der Waals surface area contributed by atoms with E-state index in [0.717, 1.165) is 15.7 Å². The van der Waals surface area contributed by atoms with Gasteiger partial charge in [0, 0.05) is 42.0 Å². The van der Waals surface area contributed by atoms with Crippen LogP contribution in [0.3, 0.4) is 0 Å². The summed E-state index contributed by atoms with van der Waals surface area (Å²) in [6.07, 6.45) is 3.36. The molecule has 10 heteroatoms. The van der Waals surface area contributed by atoms with Crippen molar-refractivity contribution in [2.45, 2.75) is 12.5 Å². The summed E-state index contributed by atoms with van der Waals surface area (Å²) in [6.45, 7) is -0.165. The number of carbonyl (C=O) groups excluding carboxylic acids is 4. The van der Waals surface area contributed by atoms with Crippen LogP contribution < -0.4 is 10.6 Å². The third kappa shape index (κ3) is 4.99. The largest absolute Gasteiger partial charge is 0.339 e. The Morgan fingerprint density at radius 1 is 1.12 bits per heavy atom. The first kappa shape index (κ1) is 23.2. The van der Waals surface area contributed by atoms with Crippen molar-refractivity contribution in [3.05, 3.63) is 71.5 Å². The predicted molar refractivity (Wildman–Crippen MR) is 127 cm³/mol. The first-order chi connectivity index (χ1) is 16.3. The lowest BCUT2D eigenvalue weighted by Crippen LogP contribution is -2.53. The van der Waals surface area contributed by atoms with E-state index in [0.29, 0.717) is 16.3 Å². The number of hydrogen-bond donors (Lipinski definition) is 2. The second-order valence-corrected chi connectivity index (χ2v) is 8.30. The lowest BCUT2D eigenvalue weighted by atomic mass is 10.1. The lowest BCUT2D eigenvalue weighted by Gasteiger charge is -2.31. The monoisotopic (exact) mass is 479 g/mol. The van der Waals surface area contributed by atoms with Gasteiger partial charge in [-0.2, -0.15) is 0 Å². The molecule has 0 aliphatic carbocycles. The van der Waals surface area contributed by atoms with Gasteiger partial charge in [0.15, 0.2) is 0 Å². The van der Waals surface area contributed by atoms with Gasteiger partial charge in [0.2, 0.25) is 11.8 Å². The summed E-state index contributed by atoms with van der Waals surface area (Å²) in [5, 5.41) is 7.59. The van der Waals surface area contributed by atoms with Crippen LogP contribution in [0.25, 0.3) is 10.8 Å². The lowest BCUT2D eigenvalue weighted by molar-refractivity contribution is -0.132. The summed E-state index contributed by atoms with van der Waals surface area (Å²) in [5.74, 6) is -1.35. The Morgan fingerprint density at radius 2 is 1.91 bits per heavy atom. The number of benzene rings is 2. The molecule has 1 saturated heterocycles. The minimum atomic E-state index is -1.08. The number of imide groups is 1. The fourth-order valence-corrected chi connectivity index (χ4v) is 3.95. The molecular formula is C24H22ClN5O4. The topological polar surface area (TPSA) is 112 Å². The van der Waals surface area contributed by atoms with Crippen molar-refractivity contribution < 1.29 is 19.2 Å². The van der Waals surface area contributed by atoms with E-state index < -0.39 is 23.9 Å². The van der Waals surface area contributed by atoms with Gasteiger partial charge < -0.3 is 15.5 Å². The molecule has 0 bridgehead atoms. The molecule has 174 valence electrons. The van der Waals surface area contributed by atoms with Crippen LogP contribution >= 0.6 is 11.6 Å². The number of pyridine rings is 1. The molecule has 2 heterocycles. The highest BCUT2D eigenvalue weighted by Crippen LogP contribution is 2.24. The highest BCUT2D eigenvalue weighted by atomic mass is 35.5. The Kier molecular flexibility index (Phi) is 6.74. The van der Waals surface area contributed by atoms with E-state index in [2.05, 4.69) is 15.6 Å². The Balaban J connectivity index is 1.56. The summed E-state index contributed by atoms with van der Waals surface area (Å²) in [5.41, 5.74) is 0.972. The maximum absolute atomic E-state index is 13.3. The van der Waals surface area contributed by atoms with Gasteiger partial charge in [-0.3, -0.25) is 24.3 Å². The van der Waals surface area contributed by atoms with Crippen molar-refractivity contribution in [1.29, 1.82) is 0 Å². The van der Waals surface area contributed by atoms with Crippen LogP contribution in [0, 0.1) is 0 Å². The van der Waals surface area contributed by atoms with Crippen LogP contribution in [0.4, 0.5) is 10.5 Å². The summed E-state index contributed by atoms with van der Waals surface area (Å²) < 4.78 is 0. The molecule has 3 aromatic rings. The van der Waals surface area contributed by atoms with Gasteiger partial charge in [-0.1, -0.05) is 48.0 Å². The van der Waals surface area contributed by atoms with Gasteiger partial charge in [0.25, 0.3) is 5.91 Å². The molecule has 1 atom stereocenters. The molecule has 4 rings (SSSR count). The molecule has 0 saturated carbocycles. The zero-order valence-electron chi connectivity index (χ0n) is 18.3. The molecule has 0 spiro atoms. The molecule has 9 nitrogen and oxygen atoms in total. The van der Waals surface area contributed by atoms with E-state index in [9.17, 15) is 19.2 Å². The van der Waals surface area contributed by atoms with Gasteiger partial charge >= 0.3 is 6.03 Å². The van der Waals surface area contributed by atoms with Gasteiger partial charge in [0.05, 0.1) is 11.9 Å². The number of rotatable bonds is 6. The van der Waals surface area contributed by atoms with E-state index in [1.165, 1.54) is 18.1 Å². The molecule has 1 aliphatic rings. The number of nitrogens with zero attached hydrogens (tertiary/aromatic N) is 3. The van der Waals surface area contributed by atoms with Crippen LogP contribution in [0.15, 0.2) is 60.9 Å².